The van der Waals surface area contributed by atoms with E-state index in [-0.39, 0.29) is 22.6 Å². The predicted molar refractivity (Wildman–Crippen MR) is 145 cm³/mol. The van der Waals surface area contributed by atoms with E-state index in [2.05, 4.69) is 26.0 Å². The summed E-state index contributed by atoms with van der Waals surface area (Å²) in [4.78, 5) is 23.9. The van der Waals surface area contributed by atoms with Gasteiger partial charge in [0.05, 0.1) is 10.5 Å². The van der Waals surface area contributed by atoms with E-state index in [4.69, 9.17) is 0 Å². The zero-order chi connectivity index (χ0) is 26.6. The van der Waals surface area contributed by atoms with Crippen molar-refractivity contribution in [3.8, 4) is 0 Å². The number of hydrogen-bond donors (Lipinski definition) is 2. The Balaban J connectivity index is 1.60. The maximum Gasteiger partial charge on any atom is 0.270 e. The fourth-order valence-electron chi connectivity index (χ4n) is 3.99. The topological polar surface area (TPSA) is 118 Å². The number of nitro benzene ring substituents is 1. The van der Waals surface area contributed by atoms with Gasteiger partial charge in [0, 0.05) is 38.1 Å². The van der Waals surface area contributed by atoms with Gasteiger partial charge in [0.15, 0.2) is 0 Å². The van der Waals surface area contributed by atoms with Crippen LogP contribution in [0.2, 0.25) is 0 Å². The standard InChI is InChI=1S/C25H23BrFN3O5S2/c26-16-6-8-17(9-7-16)29-37(34,35)24-14-18(10-12-22(24)27)28-25(31)21-15-19(30(32)33)11-13-23(21)36-20-4-2-1-3-5-20/h6-15,20,29H,1-5H2,(H,28,31). The van der Waals surface area contributed by atoms with Gasteiger partial charge in [-0.3, -0.25) is 19.6 Å². The van der Waals surface area contributed by atoms with Crippen molar-refractivity contribution in [3.05, 3.63) is 86.6 Å². The summed E-state index contributed by atoms with van der Waals surface area (Å²) in [7, 11) is -4.31. The van der Waals surface area contributed by atoms with Crippen LogP contribution in [0, 0.1) is 15.9 Å². The summed E-state index contributed by atoms with van der Waals surface area (Å²) in [6, 6.07) is 13.6. The number of benzene rings is 3. The Labute approximate surface area is 226 Å². The zero-order valence-corrected chi connectivity index (χ0v) is 22.7. The van der Waals surface area contributed by atoms with Crippen molar-refractivity contribution < 1.29 is 22.5 Å². The number of anilines is 2. The molecule has 1 saturated carbocycles. The van der Waals surface area contributed by atoms with Crippen molar-refractivity contribution in [3.63, 3.8) is 0 Å². The quantitative estimate of drug-likeness (QED) is 0.211. The second kappa shape index (κ2) is 11.6. The van der Waals surface area contributed by atoms with E-state index >= 15 is 0 Å². The van der Waals surface area contributed by atoms with Gasteiger partial charge < -0.3 is 5.32 Å². The summed E-state index contributed by atoms with van der Waals surface area (Å²) in [5.41, 5.74) is 0.131. The molecule has 2 N–H and O–H groups in total. The lowest BCUT2D eigenvalue weighted by Gasteiger charge is -2.22. The van der Waals surface area contributed by atoms with Crippen LogP contribution in [0.25, 0.3) is 0 Å². The Morgan fingerprint density at radius 2 is 1.68 bits per heavy atom. The molecule has 12 heteroatoms. The van der Waals surface area contributed by atoms with Crippen molar-refractivity contribution in [2.45, 2.75) is 47.1 Å². The molecule has 0 saturated heterocycles. The van der Waals surface area contributed by atoms with Gasteiger partial charge in [0.1, 0.15) is 10.7 Å². The van der Waals surface area contributed by atoms with Gasteiger partial charge >= 0.3 is 0 Å². The predicted octanol–water partition coefficient (Wildman–Crippen LogP) is 6.97. The van der Waals surface area contributed by atoms with E-state index in [0.717, 1.165) is 48.7 Å². The molecule has 0 unspecified atom stereocenters. The van der Waals surface area contributed by atoms with Gasteiger partial charge in [0.2, 0.25) is 0 Å². The fraction of sp³-hybridized carbons (Fsp3) is 0.240. The first-order chi connectivity index (χ1) is 17.6. The highest BCUT2D eigenvalue weighted by Gasteiger charge is 2.24. The maximum absolute atomic E-state index is 14.5. The van der Waals surface area contributed by atoms with Gasteiger partial charge in [0.25, 0.3) is 21.6 Å². The van der Waals surface area contributed by atoms with E-state index < -0.39 is 31.6 Å². The normalized spacial score (nSPS) is 14.2. The van der Waals surface area contributed by atoms with Crippen LogP contribution in [-0.4, -0.2) is 24.5 Å². The third kappa shape index (κ3) is 6.88. The van der Waals surface area contributed by atoms with E-state index in [1.807, 2.05) is 0 Å². The third-order valence-electron chi connectivity index (χ3n) is 5.84. The fourth-order valence-corrected chi connectivity index (χ4v) is 6.77. The van der Waals surface area contributed by atoms with Crippen molar-refractivity contribution >= 4 is 60.7 Å². The van der Waals surface area contributed by atoms with Gasteiger partial charge in [-0.1, -0.05) is 35.2 Å². The molecule has 1 aliphatic carbocycles. The van der Waals surface area contributed by atoms with Crippen molar-refractivity contribution in [1.82, 2.24) is 0 Å². The molecule has 0 aliphatic heterocycles. The minimum Gasteiger partial charge on any atom is -0.322 e. The Kier molecular flexibility index (Phi) is 8.50. The molecule has 0 atom stereocenters. The number of carbonyl (C=O) groups is 1. The molecule has 194 valence electrons. The van der Waals surface area contributed by atoms with Gasteiger partial charge in [-0.25, -0.2) is 12.8 Å². The van der Waals surface area contributed by atoms with E-state index in [9.17, 15) is 27.7 Å². The lowest BCUT2D eigenvalue weighted by atomic mass is 10.0. The molecule has 1 amide bonds. The molecule has 1 aliphatic rings. The van der Waals surface area contributed by atoms with E-state index in [1.165, 1.54) is 42.1 Å². The molecule has 8 nitrogen and oxygen atoms in total. The number of halogens is 2. The number of carbonyl (C=O) groups excluding carboxylic acids is 1. The Morgan fingerprint density at radius 1 is 1.00 bits per heavy atom. The average molecular weight is 609 g/mol. The molecule has 0 spiro atoms. The lowest BCUT2D eigenvalue weighted by Crippen LogP contribution is -2.17. The molecular weight excluding hydrogens is 585 g/mol. The molecule has 0 bridgehead atoms. The zero-order valence-electron chi connectivity index (χ0n) is 19.4. The summed E-state index contributed by atoms with van der Waals surface area (Å²) < 4.78 is 43.3. The van der Waals surface area contributed by atoms with Crippen LogP contribution in [0.15, 0.2) is 74.9 Å². The summed E-state index contributed by atoms with van der Waals surface area (Å²) in [6.07, 6.45) is 5.33. The molecule has 3 aromatic rings. The van der Waals surface area contributed by atoms with Crippen LogP contribution < -0.4 is 10.0 Å². The number of sulfonamides is 1. The Morgan fingerprint density at radius 3 is 2.35 bits per heavy atom. The number of thioether (sulfide) groups is 1. The Bertz CT molecular complexity index is 1430. The first kappa shape index (κ1) is 27.1. The van der Waals surface area contributed by atoms with Crippen molar-refractivity contribution in [1.29, 1.82) is 0 Å². The smallest absolute Gasteiger partial charge is 0.270 e. The molecule has 0 aromatic heterocycles. The highest BCUT2D eigenvalue weighted by atomic mass is 79.9. The minimum atomic E-state index is -4.31. The van der Waals surface area contributed by atoms with Crippen molar-refractivity contribution in [2.24, 2.45) is 0 Å². The van der Waals surface area contributed by atoms with Crippen LogP contribution >= 0.6 is 27.7 Å². The van der Waals surface area contributed by atoms with Crippen LogP contribution in [0.1, 0.15) is 42.5 Å². The highest BCUT2D eigenvalue weighted by Crippen LogP contribution is 2.37. The van der Waals surface area contributed by atoms with Crippen LogP contribution in [0.5, 0.6) is 0 Å². The summed E-state index contributed by atoms with van der Waals surface area (Å²) in [5, 5.41) is 14.2. The van der Waals surface area contributed by atoms with Crippen molar-refractivity contribution in [2.75, 3.05) is 10.0 Å². The second-order valence-electron chi connectivity index (χ2n) is 8.53. The van der Waals surface area contributed by atoms with Gasteiger partial charge in [-0.2, -0.15) is 0 Å². The van der Waals surface area contributed by atoms with Crippen LogP contribution in [0.3, 0.4) is 0 Å². The molecule has 4 rings (SSSR count). The SMILES string of the molecule is O=C(Nc1ccc(F)c(S(=O)(=O)Nc2ccc(Br)cc2)c1)c1cc([N+](=O)[O-])ccc1SC1CCCCC1. The van der Waals surface area contributed by atoms with E-state index in [0.29, 0.717) is 10.1 Å². The molecule has 1 fully saturated rings. The summed E-state index contributed by atoms with van der Waals surface area (Å²) in [5.74, 6) is -1.65. The lowest BCUT2D eigenvalue weighted by molar-refractivity contribution is -0.384. The molecule has 37 heavy (non-hydrogen) atoms. The third-order valence-corrected chi connectivity index (χ3v) is 9.18. The molecule has 0 radical (unpaired) electrons. The second-order valence-corrected chi connectivity index (χ2v) is 12.4. The van der Waals surface area contributed by atoms with Crippen LogP contribution in [-0.2, 0) is 10.0 Å². The minimum absolute atomic E-state index is 0.0303. The van der Waals surface area contributed by atoms with E-state index in [1.54, 1.807) is 18.2 Å². The monoisotopic (exact) mass is 607 g/mol. The number of nitro groups is 1. The molecule has 3 aromatic carbocycles. The Hall–Kier alpha value is -2.96. The number of non-ortho nitro benzene ring substituents is 1. The van der Waals surface area contributed by atoms with Gasteiger partial charge in [-0.05, 0) is 61.4 Å². The number of rotatable bonds is 8. The first-order valence-corrected chi connectivity index (χ1v) is 14.6. The average Bonchev–Trinajstić information content (AvgIpc) is 2.87. The number of hydrogen-bond acceptors (Lipinski definition) is 6. The number of nitrogens with one attached hydrogen (secondary N) is 2. The first-order valence-electron chi connectivity index (χ1n) is 11.5. The molecular formula is C25H23BrFN3O5S2. The van der Waals surface area contributed by atoms with Gasteiger partial charge in [-0.15, -0.1) is 11.8 Å². The van der Waals surface area contributed by atoms with Crippen LogP contribution in [0.4, 0.5) is 21.5 Å². The summed E-state index contributed by atoms with van der Waals surface area (Å²) in [6.45, 7) is 0. The molecule has 0 heterocycles. The largest absolute Gasteiger partial charge is 0.322 e. The highest BCUT2D eigenvalue weighted by molar-refractivity contribution is 9.10. The maximum atomic E-state index is 14.5. The summed E-state index contributed by atoms with van der Waals surface area (Å²) >= 11 is 4.77. The number of nitrogens with zero attached hydrogens (tertiary/aromatic N) is 1. The number of amides is 1.